The van der Waals surface area contributed by atoms with Crippen LogP contribution in [0, 0.1) is 0 Å². The number of para-hydroxylation sites is 2. The zero-order valence-corrected chi connectivity index (χ0v) is 17.7. The van der Waals surface area contributed by atoms with Crippen LogP contribution in [0.5, 0.6) is 23.0 Å². The van der Waals surface area contributed by atoms with Gasteiger partial charge in [0.1, 0.15) is 23.0 Å². The number of rotatable bonds is 2. The summed E-state index contributed by atoms with van der Waals surface area (Å²) >= 11 is 0. The summed E-state index contributed by atoms with van der Waals surface area (Å²) in [6, 6.07) is 31.9. The molecule has 4 aromatic carbocycles. The first kappa shape index (κ1) is 23.4. The van der Waals surface area contributed by atoms with Gasteiger partial charge in [0.2, 0.25) is 0 Å². The first-order valence-electron chi connectivity index (χ1n) is 9.86. The Morgan fingerprint density at radius 3 is 0.871 bits per heavy atom. The number of phenolic OH excluding ortho intramolecular Hbond substituents is 4. The highest BCUT2D eigenvalue weighted by Crippen LogP contribution is 2.32. The first-order chi connectivity index (χ1) is 14.8. The van der Waals surface area contributed by atoms with Gasteiger partial charge in [0, 0.05) is 5.41 Å². The zero-order valence-electron chi connectivity index (χ0n) is 17.7. The van der Waals surface area contributed by atoms with Crippen molar-refractivity contribution in [2.75, 3.05) is 0 Å². The second-order valence-electron chi connectivity index (χ2n) is 7.39. The van der Waals surface area contributed by atoms with Crippen LogP contribution < -0.4 is 0 Å². The van der Waals surface area contributed by atoms with Crippen molar-refractivity contribution in [2.45, 2.75) is 19.3 Å². The van der Waals surface area contributed by atoms with Crippen molar-refractivity contribution in [2.24, 2.45) is 0 Å². The molecule has 0 aromatic heterocycles. The Bertz CT molecular complexity index is 925. The molecule has 4 rings (SSSR count). The molecule has 0 heterocycles. The molecule has 4 N–H and O–H groups in total. The lowest BCUT2D eigenvalue weighted by Crippen LogP contribution is -2.18. The number of aromatic hydroxyl groups is 4. The number of phenols is 4. The maximum Gasteiger partial charge on any atom is 0.115 e. The summed E-state index contributed by atoms with van der Waals surface area (Å²) < 4.78 is 0. The van der Waals surface area contributed by atoms with Crippen LogP contribution in [-0.4, -0.2) is 20.4 Å². The Morgan fingerprint density at radius 2 is 0.645 bits per heavy atom. The van der Waals surface area contributed by atoms with Crippen LogP contribution in [0.3, 0.4) is 0 Å². The van der Waals surface area contributed by atoms with Crippen molar-refractivity contribution in [1.29, 1.82) is 0 Å². The highest BCUT2D eigenvalue weighted by molar-refractivity contribution is 5.41. The number of hydrogen-bond donors (Lipinski definition) is 4. The van der Waals surface area contributed by atoms with Gasteiger partial charge in [-0.05, 0) is 59.7 Å². The minimum Gasteiger partial charge on any atom is -0.508 e. The van der Waals surface area contributed by atoms with Gasteiger partial charge >= 0.3 is 0 Å². The maximum atomic E-state index is 9.30. The van der Waals surface area contributed by atoms with Crippen molar-refractivity contribution in [1.82, 2.24) is 0 Å². The van der Waals surface area contributed by atoms with Gasteiger partial charge in [-0.15, -0.1) is 0 Å². The van der Waals surface area contributed by atoms with E-state index in [1.807, 2.05) is 36.4 Å². The SMILES string of the molecule is CC(C)(c1ccc(O)cc1)c1ccc(O)cc1.Oc1ccccc1.Oc1ccccc1. The fourth-order valence-corrected chi connectivity index (χ4v) is 2.78. The fraction of sp³-hybridized carbons (Fsp3) is 0.111. The van der Waals surface area contributed by atoms with Crippen LogP contribution >= 0.6 is 0 Å². The Kier molecular flexibility index (Phi) is 8.52. The third-order valence-electron chi connectivity index (χ3n) is 4.69. The van der Waals surface area contributed by atoms with E-state index in [0.717, 1.165) is 11.1 Å². The van der Waals surface area contributed by atoms with Crippen LogP contribution in [0.15, 0.2) is 109 Å². The van der Waals surface area contributed by atoms with Crippen molar-refractivity contribution in [3.8, 4) is 23.0 Å². The predicted molar refractivity (Wildman–Crippen MR) is 125 cm³/mol. The normalized spacial score (nSPS) is 10.1. The summed E-state index contributed by atoms with van der Waals surface area (Å²) in [5, 5.41) is 35.9. The molecule has 0 atom stereocenters. The average molecular weight is 417 g/mol. The number of benzene rings is 4. The van der Waals surface area contributed by atoms with E-state index in [4.69, 9.17) is 10.2 Å². The van der Waals surface area contributed by atoms with E-state index < -0.39 is 0 Å². The Balaban J connectivity index is 0.000000199. The maximum absolute atomic E-state index is 9.30. The molecule has 4 aromatic rings. The van der Waals surface area contributed by atoms with Crippen molar-refractivity contribution in [3.63, 3.8) is 0 Å². The Hall–Kier alpha value is -3.92. The highest BCUT2D eigenvalue weighted by Gasteiger charge is 2.22. The summed E-state index contributed by atoms with van der Waals surface area (Å²) in [5.74, 6) is 1.19. The molecule has 160 valence electrons. The van der Waals surface area contributed by atoms with E-state index in [1.54, 1.807) is 72.8 Å². The Labute approximate surface area is 183 Å². The summed E-state index contributed by atoms with van der Waals surface area (Å²) in [7, 11) is 0. The minimum absolute atomic E-state index is 0.151. The molecule has 0 aliphatic carbocycles. The average Bonchev–Trinajstić information content (AvgIpc) is 2.76. The molecule has 0 spiro atoms. The van der Waals surface area contributed by atoms with Crippen LogP contribution in [0.2, 0.25) is 0 Å². The molecule has 0 unspecified atom stereocenters. The second-order valence-corrected chi connectivity index (χ2v) is 7.39. The lowest BCUT2D eigenvalue weighted by Gasteiger charge is -2.26. The predicted octanol–water partition coefficient (Wildman–Crippen LogP) is 6.21. The van der Waals surface area contributed by atoms with Gasteiger partial charge in [-0.2, -0.15) is 0 Å². The molecule has 0 aliphatic rings. The van der Waals surface area contributed by atoms with Crippen molar-refractivity contribution >= 4 is 0 Å². The lowest BCUT2D eigenvalue weighted by molar-refractivity contribution is 0.473. The molecule has 0 fully saturated rings. The third-order valence-corrected chi connectivity index (χ3v) is 4.69. The lowest BCUT2D eigenvalue weighted by atomic mass is 9.78. The molecule has 0 amide bonds. The molecule has 0 radical (unpaired) electrons. The van der Waals surface area contributed by atoms with Crippen LogP contribution in [0.4, 0.5) is 0 Å². The molecular formula is C27H28O4. The summed E-state index contributed by atoms with van der Waals surface area (Å²) in [5.41, 5.74) is 2.10. The van der Waals surface area contributed by atoms with E-state index in [1.165, 1.54) is 0 Å². The standard InChI is InChI=1S/C15H16O2.2C6H6O/c1-15(2,11-3-7-13(16)8-4-11)12-5-9-14(17)10-6-12;2*7-6-4-2-1-3-5-6/h3-10,16-17H,1-2H3;2*1-5,7H. The third kappa shape index (κ3) is 7.78. The van der Waals surface area contributed by atoms with Crippen LogP contribution in [0.1, 0.15) is 25.0 Å². The van der Waals surface area contributed by atoms with E-state index in [-0.39, 0.29) is 16.9 Å². The van der Waals surface area contributed by atoms with Gasteiger partial charge < -0.3 is 20.4 Å². The van der Waals surface area contributed by atoms with Gasteiger partial charge in [0.25, 0.3) is 0 Å². The summed E-state index contributed by atoms with van der Waals surface area (Å²) in [6.07, 6.45) is 0. The van der Waals surface area contributed by atoms with Gasteiger partial charge in [-0.25, -0.2) is 0 Å². The molecule has 0 aliphatic heterocycles. The zero-order chi connectivity index (χ0) is 22.7. The smallest absolute Gasteiger partial charge is 0.115 e. The fourth-order valence-electron chi connectivity index (χ4n) is 2.78. The Morgan fingerprint density at radius 1 is 0.387 bits per heavy atom. The number of hydrogen-bond acceptors (Lipinski definition) is 4. The monoisotopic (exact) mass is 416 g/mol. The van der Waals surface area contributed by atoms with E-state index >= 15 is 0 Å². The molecule has 0 saturated carbocycles. The van der Waals surface area contributed by atoms with E-state index in [0.29, 0.717) is 11.5 Å². The quantitative estimate of drug-likeness (QED) is 0.313. The van der Waals surface area contributed by atoms with Crippen molar-refractivity contribution < 1.29 is 20.4 Å². The molecule has 0 bridgehead atoms. The summed E-state index contributed by atoms with van der Waals surface area (Å²) in [6.45, 7) is 4.23. The topological polar surface area (TPSA) is 80.9 Å². The molecule has 31 heavy (non-hydrogen) atoms. The van der Waals surface area contributed by atoms with Crippen LogP contribution in [-0.2, 0) is 5.41 Å². The van der Waals surface area contributed by atoms with Gasteiger partial charge in [0.15, 0.2) is 0 Å². The van der Waals surface area contributed by atoms with Gasteiger partial charge in [0.05, 0.1) is 0 Å². The second kappa shape index (κ2) is 11.3. The van der Waals surface area contributed by atoms with E-state index in [9.17, 15) is 10.2 Å². The molecular weight excluding hydrogens is 388 g/mol. The first-order valence-corrected chi connectivity index (χ1v) is 9.86. The molecule has 4 heteroatoms. The van der Waals surface area contributed by atoms with Gasteiger partial charge in [-0.3, -0.25) is 0 Å². The van der Waals surface area contributed by atoms with E-state index in [2.05, 4.69) is 13.8 Å². The van der Waals surface area contributed by atoms with Crippen LogP contribution in [0.25, 0.3) is 0 Å². The van der Waals surface area contributed by atoms with Gasteiger partial charge in [-0.1, -0.05) is 74.5 Å². The molecule has 0 saturated heterocycles. The summed E-state index contributed by atoms with van der Waals surface area (Å²) in [4.78, 5) is 0. The minimum atomic E-state index is -0.151. The van der Waals surface area contributed by atoms with Crippen molar-refractivity contribution in [3.05, 3.63) is 120 Å². The molecule has 4 nitrogen and oxygen atoms in total. The highest BCUT2D eigenvalue weighted by atomic mass is 16.3. The largest absolute Gasteiger partial charge is 0.508 e.